The Bertz CT molecular complexity index is 996. The third-order valence-electron chi connectivity index (χ3n) is 4.09. The molecule has 1 aromatic heterocycles. The molecule has 10 heteroatoms. The lowest BCUT2D eigenvalue weighted by Gasteiger charge is -2.12. The van der Waals surface area contributed by atoms with Crippen molar-refractivity contribution in [2.75, 3.05) is 21.3 Å². The molecular weight excluding hydrogens is 521 g/mol. The Hall–Kier alpha value is -2.53. The van der Waals surface area contributed by atoms with E-state index in [0.717, 1.165) is 11.1 Å². The van der Waals surface area contributed by atoms with Gasteiger partial charge in [0.15, 0.2) is 17.5 Å². The van der Waals surface area contributed by atoms with Gasteiger partial charge in [-0.15, -0.1) is 24.0 Å². The highest BCUT2D eigenvalue weighted by molar-refractivity contribution is 14.0. The molecule has 2 aromatic carbocycles. The van der Waals surface area contributed by atoms with Crippen LogP contribution in [0.4, 0.5) is 0 Å². The average Bonchev–Trinajstić information content (AvgIpc) is 3.22. The lowest BCUT2D eigenvalue weighted by molar-refractivity contribution is 0.354. The minimum atomic E-state index is 0. The number of guanidine groups is 1. The van der Waals surface area contributed by atoms with Crippen LogP contribution in [0, 0.1) is 0 Å². The maximum absolute atomic E-state index is 6.01. The Morgan fingerprint density at radius 3 is 2.53 bits per heavy atom. The standard InChI is InChI=1S/C20H22ClN5O3.HI/c1-22-20(23-11-13-7-8-16(27-2)17(9-13)28-3)24-12-18-25-19(26-29-18)14-5-4-6-15(21)10-14;/h4-10H,11-12H2,1-3H3,(H2,22,23,24);1H. The molecule has 30 heavy (non-hydrogen) atoms. The van der Waals surface area contributed by atoms with Crippen LogP contribution in [0.2, 0.25) is 5.02 Å². The van der Waals surface area contributed by atoms with Crippen molar-refractivity contribution < 1.29 is 14.0 Å². The van der Waals surface area contributed by atoms with Crippen LogP contribution in [0.15, 0.2) is 52.0 Å². The van der Waals surface area contributed by atoms with Crippen molar-refractivity contribution in [3.05, 3.63) is 58.9 Å². The summed E-state index contributed by atoms with van der Waals surface area (Å²) in [6, 6.07) is 13.0. The van der Waals surface area contributed by atoms with Crippen molar-refractivity contribution in [1.29, 1.82) is 0 Å². The molecule has 0 aliphatic carbocycles. The van der Waals surface area contributed by atoms with Crippen molar-refractivity contribution in [1.82, 2.24) is 20.8 Å². The summed E-state index contributed by atoms with van der Waals surface area (Å²) in [4.78, 5) is 8.58. The van der Waals surface area contributed by atoms with E-state index < -0.39 is 0 Å². The minimum Gasteiger partial charge on any atom is -0.493 e. The fourth-order valence-corrected chi connectivity index (χ4v) is 2.82. The molecule has 0 aliphatic rings. The van der Waals surface area contributed by atoms with Crippen molar-refractivity contribution in [2.45, 2.75) is 13.1 Å². The molecule has 0 spiro atoms. The number of aliphatic imine (C=N–C) groups is 1. The SMILES string of the molecule is CN=C(NCc1ccc(OC)c(OC)c1)NCc1nc(-c2cccc(Cl)c2)no1.I. The monoisotopic (exact) mass is 543 g/mol. The first-order valence-corrected chi connectivity index (χ1v) is 9.24. The molecular formula is C20H23ClIN5O3. The van der Waals surface area contributed by atoms with Gasteiger partial charge in [0.1, 0.15) is 0 Å². The fourth-order valence-electron chi connectivity index (χ4n) is 2.63. The highest BCUT2D eigenvalue weighted by Gasteiger charge is 2.10. The molecule has 160 valence electrons. The van der Waals surface area contributed by atoms with Crippen LogP contribution in [-0.4, -0.2) is 37.4 Å². The summed E-state index contributed by atoms with van der Waals surface area (Å²) in [5.74, 6) is 2.88. The van der Waals surface area contributed by atoms with E-state index in [1.54, 1.807) is 33.4 Å². The molecule has 0 radical (unpaired) electrons. The van der Waals surface area contributed by atoms with Crippen LogP contribution in [0.3, 0.4) is 0 Å². The minimum absolute atomic E-state index is 0. The summed E-state index contributed by atoms with van der Waals surface area (Å²) in [6.07, 6.45) is 0. The second-order valence-electron chi connectivity index (χ2n) is 5.99. The molecule has 0 bridgehead atoms. The van der Waals surface area contributed by atoms with E-state index in [4.69, 9.17) is 25.6 Å². The Labute approximate surface area is 197 Å². The second kappa shape index (κ2) is 11.6. The van der Waals surface area contributed by atoms with Gasteiger partial charge < -0.3 is 24.6 Å². The van der Waals surface area contributed by atoms with Gasteiger partial charge in [-0.25, -0.2) is 0 Å². The van der Waals surface area contributed by atoms with Crippen LogP contribution in [0.1, 0.15) is 11.5 Å². The van der Waals surface area contributed by atoms with Gasteiger partial charge in [0.2, 0.25) is 11.7 Å². The van der Waals surface area contributed by atoms with E-state index in [1.165, 1.54) is 0 Å². The number of hydrogen-bond donors (Lipinski definition) is 2. The zero-order chi connectivity index (χ0) is 20.6. The van der Waals surface area contributed by atoms with Crippen molar-refractivity contribution in [2.24, 2.45) is 4.99 Å². The molecule has 2 N–H and O–H groups in total. The van der Waals surface area contributed by atoms with Crippen LogP contribution in [0.5, 0.6) is 11.5 Å². The van der Waals surface area contributed by atoms with Crippen molar-refractivity contribution >= 4 is 41.5 Å². The maximum Gasteiger partial charge on any atom is 0.246 e. The molecule has 0 aliphatic heterocycles. The van der Waals surface area contributed by atoms with Crippen LogP contribution in [0.25, 0.3) is 11.4 Å². The van der Waals surface area contributed by atoms with Gasteiger partial charge in [-0.3, -0.25) is 4.99 Å². The predicted octanol–water partition coefficient (Wildman–Crippen LogP) is 3.89. The Morgan fingerprint density at radius 1 is 1.07 bits per heavy atom. The molecule has 3 rings (SSSR count). The lowest BCUT2D eigenvalue weighted by Crippen LogP contribution is -2.36. The quantitative estimate of drug-likeness (QED) is 0.265. The Balaban J connectivity index is 0.00000320. The zero-order valence-electron chi connectivity index (χ0n) is 16.8. The van der Waals surface area contributed by atoms with E-state index in [1.807, 2.05) is 30.3 Å². The van der Waals surface area contributed by atoms with E-state index in [2.05, 4.69) is 25.8 Å². The predicted molar refractivity (Wildman–Crippen MR) is 127 cm³/mol. The van der Waals surface area contributed by atoms with Crippen LogP contribution in [-0.2, 0) is 13.1 Å². The number of ether oxygens (including phenoxy) is 2. The molecule has 1 heterocycles. The van der Waals surface area contributed by atoms with Crippen LogP contribution < -0.4 is 20.1 Å². The smallest absolute Gasteiger partial charge is 0.246 e. The molecule has 0 fully saturated rings. The first-order chi connectivity index (χ1) is 14.1. The van der Waals surface area contributed by atoms with E-state index >= 15 is 0 Å². The number of nitrogens with one attached hydrogen (secondary N) is 2. The number of halogens is 2. The first kappa shape index (κ1) is 23.7. The first-order valence-electron chi connectivity index (χ1n) is 8.87. The van der Waals surface area contributed by atoms with E-state index in [0.29, 0.717) is 47.3 Å². The number of aromatic nitrogens is 2. The summed E-state index contributed by atoms with van der Waals surface area (Å²) in [5.41, 5.74) is 1.81. The largest absolute Gasteiger partial charge is 0.493 e. The molecule has 3 aromatic rings. The van der Waals surface area contributed by atoms with Crippen molar-refractivity contribution in [3.63, 3.8) is 0 Å². The summed E-state index contributed by atoms with van der Waals surface area (Å²) in [6.45, 7) is 0.886. The average molecular weight is 544 g/mol. The summed E-state index contributed by atoms with van der Waals surface area (Å²) in [5, 5.41) is 11.0. The Kier molecular flexibility index (Phi) is 9.18. The third-order valence-corrected chi connectivity index (χ3v) is 4.32. The fraction of sp³-hybridized carbons (Fsp3) is 0.250. The second-order valence-corrected chi connectivity index (χ2v) is 6.43. The van der Waals surface area contributed by atoms with Gasteiger partial charge in [-0.2, -0.15) is 4.98 Å². The zero-order valence-corrected chi connectivity index (χ0v) is 19.9. The molecule has 0 unspecified atom stereocenters. The molecule has 8 nitrogen and oxygen atoms in total. The van der Waals surface area contributed by atoms with Gasteiger partial charge in [0, 0.05) is 24.2 Å². The van der Waals surface area contributed by atoms with Gasteiger partial charge in [0.05, 0.1) is 20.8 Å². The number of benzene rings is 2. The van der Waals surface area contributed by atoms with Gasteiger partial charge in [-0.1, -0.05) is 35.0 Å². The number of hydrogen-bond acceptors (Lipinski definition) is 6. The molecule has 0 saturated carbocycles. The molecule has 0 saturated heterocycles. The summed E-state index contributed by atoms with van der Waals surface area (Å²) >= 11 is 6.01. The normalized spacial score (nSPS) is 10.9. The number of rotatable bonds is 7. The Morgan fingerprint density at radius 2 is 1.83 bits per heavy atom. The van der Waals surface area contributed by atoms with E-state index in [-0.39, 0.29) is 24.0 Å². The van der Waals surface area contributed by atoms with Crippen LogP contribution >= 0.6 is 35.6 Å². The number of methoxy groups -OCH3 is 2. The van der Waals surface area contributed by atoms with E-state index in [9.17, 15) is 0 Å². The summed E-state index contributed by atoms with van der Waals surface area (Å²) in [7, 11) is 4.91. The maximum atomic E-state index is 6.01. The third kappa shape index (κ3) is 6.23. The molecule has 0 amide bonds. The van der Waals surface area contributed by atoms with Gasteiger partial charge in [0.25, 0.3) is 0 Å². The van der Waals surface area contributed by atoms with Gasteiger partial charge >= 0.3 is 0 Å². The molecule has 0 atom stereocenters. The van der Waals surface area contributed by atoms with Gasteiger partial charge in [-0.05, 0) is 29.8 Å². The topological polar surface area (TPSA) is 93.8 Å². The lowest BCUT2D eigenvalue weighted by atomic mass is 10.2. The number of nitrogens with zero attached hydrogens (tertiary/aromatic N) is 3. The highest BCUT2D eigenvalue weighted by Crippen LogP contribution is 2.27. The summed E-state index contributed by atoms with van der Waals surface area (Å²) < 4.78 is 15.9. The van der Waals surface area contributed by atoms with Crippen molar-refractivity contribution in [3.8, 4) is 22.9 Å². The highest BCUT2D eigenvalue weighted by atomic mass is 127.